The summed E-state index contributed by atoms with van der Waals surface area (Å²) in [6.07, 6.45) is 3.58. The molecule has 0 spiro atoms. The van der Waals surface area contributed by atoms with Crippen LogP contribution >= 0.6 is 27.5 Å². The summed E-state index contributed by atoms with van der Waals surface area (Å²) in [6.45, 7) is 2.93. The molecule has 1 unspecified atom stereocenters. The van der Waals surface area contributed by atoms with Crippen LogP contribution < -0.4 is 5.32 Å². The Bertz CT molecular complexity index is 455. The number of nitrogens with one attached hydrogen (secondary N) is 1. The van der Waals surface area contributed by atoms with E-state index in [0.717, 1.165) is 35.8 Å². The summed E-state index contributed by atoms with van der Waals surface area (Å²) < 4.78 is 0.936. The molecule has 98 valence electrons. The number of piperidine rings is 1. The lowest BCUT2D eigenvalue weighted by atomic mass is 9.84. The Balaban J connectivity index is 2.11. The van der Waals surface area contributed by atoms with Crippen LogP contribution in [0.15, 0.2) is 22.7 Å². The van der Waals surface area contributed by atoms with E-state index < -0.39 is 0 Å². The minimum atomic E-state index is -0.380. The maximum absolute atomic E-state index is 12.4. The highest BCUT2D eigenvalue weighted by molar-refractivity contribution is 9.10. The molecule has 1 aliphatic heterocycles. The van der Waals surface area contributed by atoms with Gasteiger partial charge >= 0.3 is 0 Å². The van der Waals surface area contributed by atoms with Gasteiger partial charge in [-0.05, 0) is 50.4 Å². The third kappa shape index (κ3) is 3.14. The number of hydrogen-bond acceptors (Lipinski definition) is 2. The molecular weight excluding hydrogens is 314 g/mol. The third-order valence-corrected chi connectivity index (χ3v) is 4.45. The van der Waals surface area contributed by atoms with E-state index in [0.29, 0.717) is 11.4 Å². The first-order valence-electron chi connectivity index (χ1n) is 6.23. The number of halogens is 2. The van der Waals surface area contributed by atoms with Crippen molar-refractivity contribution < 1.29 is 4.79 Å². The SMILES string of the molecule is CC1(C(=O)Cc2ccc(Br)cc2Cl)CCCCN1. The quantitative estimate of drug-likeness (QED) is 0.914. The fourth-order valence-corrected chi connectivity index (χ4v) is 3.07. The van der Waals surface area contributed by atoms with Crippen molar-refractivity contribution in [3.05, 3.63) is 33.3 Å². The van der Waals surface area contributed by atoms with E-state index in [1.54, 1.807) is 0 Å². The molecule has 1 aromatic carbocycles. The molecular formula is C14H17BrClNO. The molecule has 1 aromatic rings. The van der Waals surface area contributed by atoms with Crippen molar-refractivity contribution in [1.82, 2.24) is 5.32 Å². The third-order valence-electron chi connectivity index (χ3n) is 3.60. The molecule has 0 bridgehead atoms. The maximum atomic E-state index is 12.4. The molecule has 0 saturated carbocycles. The smallest absolute Gasteiger partial charge is 0.156 e. The Morgan fingerprint density at radius 2 is 2.28 bits per heavy atom. The molecule has 0 radical (unpaired) electrons. The molecule has 1 saturated heterocycles. The number of rotatable bonds is 3. The largest absolute Gasteiger partial charge is 0.305 e. The average Bonchev–Trinajstić information content (AvgIpc) is 2.33. The van der Waals surface area contributed by atoms with Gasteiger partial charge in [0.15, 0.2) is 5.78 Å². The lowest BCUT2D eigenvalue weighted by Gasteiger charge is -2.33. The van der Waals surface area contributed by atoms with Gasteiger partial charge < -0.3 is 5.32 Å². The summed E-state index contributed by atoms with van der Waals surface area (Å²) in [5.74, 6) is 0.228. The molecule has 2 rings (SSSR count). The summed E-state index contributed by atoms with van der Waals surface area (Å²) in [6, 6.07) is 5.67. The molecule has 1 fully saturated rings. The normalized spacial score (nSPS) is 23.9. The minimum Gasteiger partial charge on any atom is -0.305 e. The van der Waals surface area contributed by atoms with E-state index in [4.69, 9.17) is 11.6 Å². The van der Waals surface area contributed by atoms with Gasteiger partial charge in [-0.25, -0.2) is 0 Å². The Labute approximate surface area is 121 Å². The van der Waals surface area contributed by atoms with E-state index in [9.17, 15) is 4.79 Å². The molecule has 4 heteroatoms. The highest BCUT2D eigenvalue weighted by Crippen LogP contribution is 2.26. The zero-order chi connectivity index (χ0) is 13.2. The van der Waals surface area contributed by atoms with Crippen LogP contribution in [0, 0.1) is 0 Å². The zero-order valence-electron chi connectivity index (χ0n) is 10.4. The predicted molar refractivity (Wildman–Crippen MR) is 78.1 cm³/mol. The van der Waals surface area contributed by atoms with Crippen LogP contribution in [-0.4, -0.2) is 17.9 Å². The first-order valence-corrected chi connectivity index (χ1v) is 7.41. The molecule has 1 atom stereocenters. The number of carbonyl (C=O) groups is 1. The maximum Gasteiger partial charge on any atom is 0.156 e. The van der Waals surface area contributed by atoms with Crippen LogP contribution in [0.3, 0.4) is 0 Å². The van der Waals surface area contributed by atoms with Crippen molar-refractivity contribution in [2.75, 3.05) is 6.54 Å². The Kier molecular flexibility index (Phi) is 4.46. The molecule has 1 heterocycles. The number of hydrogen-bond donors (Lipinski definition) is 1. The molecule has 18 heavy (non-hydrogen) atoms. The molecule has 2 nitrogen and oxygen atoms in total. The van der Waals surface area contributed by atoms with E-state index in [1.165, 1.54) is 0 Å². The monoisotopic (exact) mass is 329 g/mol. The van der Waals surface area contributed by atoms with Gasteiger partial charge in [0.2, 0.25) is 0 Å². The highest BCUT2D eigenvalue weighted by Gasteiger charge is 2.33. The van der Waals surface area contributed by atoms with Crippen molar-refractivity contribution in [1.29, 1.82) is 0 Å². The van der Waals surface area contributed by atoms with Crippen LogP contribution in [-0.2, 0) is 11.2 Å². The Hall–Kier alpha value is -0.380. The van der Waals surface area contributed by atoms with E-state index >= 15 is 0 Å². The second-order valence-corrected chi connectivity index (χ2v) is 6.37. The second-order valence-electron chi connectivity index (χ2n) is 5.05. The highest BCUT2D eigenvalue weighted by atomic mass is 79.9. The first-order chi connectivity index (χ1) is 8.51. The number of ketones is 1. The van der Waals surface area contributed by atoms with Crippen LogP contribution in [0.25, 0.3) is 0 Å². The molecule has 1 aliphatic rings. The molecule has 0 aromatic heterocycles. The van der Waals surface area contributed by atoms with Crippen LogP contribution in [0.4, 0.5) is 0 Å². The van der Waals surface area contributed by atoms with Gasteiger partial charge in [0.05, 0.1) is 5.54 Å². The Morgan fingerprint density at radius 3 is 2.89 bits per heavy atom. The van der Waals surface area contributed by atoms with Gasteiger partial charge in [-0.3, -0.25) is 4.79 Å². The predicted octanol–water partition coefficient (Wildman–Crippen LogP) is 3.75. The van der Waals surface area contributed by atoms with Gasteiger partial charge in [-0.2, -0.15) is 0 Å². The average molecular weight is 331 g/mol. The van der Waals surface area contributed by atoms with E-state index in [1.807, 2.05) is 25.1 Å². The summed E-state index contributed by atoms with van der Waals surface area (Å²) in [4.78, 5) is 12.4. The van der Waals surface area contributed by atoms with Crippen molar-refractivity contribution in [2.24, 2.45) is 0 Å². The summed E-state index contributed by atoms with van der Waals surface area (Å²) in [7, 11) is 0. The molecule has 1 N–H and O–H groups in total. The summed E-state index contributed by atoms with van der Waals surface area (Å²) in [5.41, 5.74) is 0.521. The van der Waals surface area contributed by atoms with Crippen molar-refractivity contribution in [3.8, 4) is 0 Å². The standard InChI is InChI=1S/C14H17BrClNO/c1-14(6-2-3-7-17-14)13(18)8-10-4-5-11(15)9-12(10)16/h4-5,9,17H,2-3,6-8H2,1H3. The lowest BCUT2D eigenvalue weighted by Crippen LogP contribution is -2.52. The number of carbonyl (C=O) groups excluding carboxylic acids is 1. The minimum absolute atomic E-state index is 0.228. The van der Waals surface area contributed by atoms with Crippen molar-refractivity contribution in [3.63, 3.8) is 0 Å². The van der Waals surface area contributed by atoms with E-state index in [2.05, 4.69) is 21.2 Å². The first kappa shape index (κ1) is 14.0. The lowest BCUT2D eigenvalue weighted by molar-refractivity contribution is -0.125. The molecule has 0 aliphatic carbocycles. The number of Topliss-reactive ketones (excluding diaryl/α,β-unsaturated/α-hetero) is 1. The van der Waals surface area contributed by atoms with E-state index in [-0.39, 0.29) is 11.3 Å². The van der Waals surface area contributed by atoms with Crippen LogP contribution in [0.2, 0.25) is 5.02 Å². The van der Waals surface area contributed by atoms with Gasteiger partial charge in [0.1, 0.15) is 0 Å². The van der Waals surface area contributed by atoms with Gasteiger partial charge in [0, 0.05) is 15.9 Å². The molecule has 0 amide bonds. The fourth-order valence-electron chi connectivity index (χ4n) is 2.33. The summed E-state index contributed by atoms with van der Waals surface area (Å²) >= 11 is 9.52. The topological polar surface area (TPSA) is 29.1 Å². The summed E-state index contributed by atoms with van der Waals surface area (Å²) in [5, 5.41) is 3.99. The zero-order valence-corrected chi connectivity index (χ0v) is 12.8. The van der Waals surface area contributed by atoms with Crippen molar-refractivity contribution >= 4 is 33.3 Å². The van der Waals surface area contributed by atoms with Crippen LogP contribution in [0.1, 0.15) is 31.7 Å². The Morgan fingerprint density at radius 1 is 1.50 bits per heavy atom. The number of benzene rings is 1. The van der Waals surface area contributed by atoms with Crippen molar-refractivity contribution in [2.45, 2.75) is 38.1 Å². The second kappa shape index (κ2) is 5.72. The van der Waals surface area contributed by atoms with Gasteiger partial charge in [-0.15, -0.1) is 0 Å². The van der Waals surface area contributed by atoms with Gasteiger partial charge in [0.25, 0.3) is 0 Å². The van der Waals surface area contributed by atoms with Gasteiger partial charge in [-0.1, -0.05) is 33.6 Å². The van der Waals surface area contributed by atoms with Crippen LogP contribution in [0.5, 0.6) is 0 Å². The fraction of sp³-hybridized carbons (Fsp3) is 0.500.